The molecule has 86 valence electrons. The van der Waals surface area contributed by atoms with Gasteiger partial charge in [-0.2, -0.15) is 0 Å². The molecule has 0 aromatic heterocycles. The van der Waals surface area contributed by atoms with E-state index in [9.17, 15) is 4.79 Å². The molecule has 0 bridgehead atoms. The van der Waals surface area contributed by atoms with Crippen LogP contribution in [0.4, 0.5) is 4.79 Å². The van der Waals surface area contributed by atoms with Crippen LogP contribution in [0.25, 0.3) is 0 Å². The van der Waals surface area contributed by atoms with Crippen molar-refractivity contribution in [3.05, 3.63) is 12.7 Å². The van der Waals surface area contributed by atoms with Crippen LogP contribution in [0.1, 0.15) is 13.8 Å². The second-order valence-electron chi connectivity index (χ2n) is 4.12. The Bertz CT molecular complexity index is 229. The molecular formula is C11H20N2O2. The molecule has 0 spiro atoms. The first-order valence-corrected chi connectivity index (χ1v) is 5.41. The first-order chi connectivity index (χ1) is 7.15. The monoisotopic (exact) mass is 212 g/mol. The molecular weight excluding hydrogens is 192 g/mol. The third kappa shape index (κ3) is 3.55. The number of piperazine rings is 1. The normalized spacial score (nSPS) is 21.5. The number of amides is 1. The predicted octanol–water partition coefficient (Wildman–Crippen LogP) is 1.24. The van der Waals surface area contributed by atoms with Crippen LogP contribution in [-0.2, 0) is 4.74 Å². The van der Waals surface area contributed by atoms with Crippen molar-refractivity contribution in [3.8, 4) is 0 Å². The molecule has 1 rings (SSSR count). The van der Waals surface area contributed by atoms with Crippen molar-refractivity contribution in [2.24, 2.45) is 5.92 Å². The van der Waals surface area contributed by atoms with E-state index in [2.05, 4.69) is 25.7 Å². The molecule has 4 heteroatoms. The summed E-state index contributed by atoms with van der Waals surface area (Å²) in [7, 11) is 0. The number of ether oxygens (including phenoxy) is 1. The summed E-state index contributed by atoms with van der Waals surface area (Å²) in [6.07, 6.45) is 1.35. The highest BCUT2D eigenvalue weighted by molar-refractivity contribution is 5.67. The molecule has 1 aliphatic heterocycles. The standard InChI is InChI=1S/C11H20N2O2/c1-4-7-15-11(14)13-6-5-12-10(8-13)9(2)3/h4,9-10,12H,1,5-8H2,2-3H3. The average molecular weight is 212 g/mol. The lowest BCUT2D eigenvalue weighted by atomic mass is 10.0. The summed E-state index contributed by atoms with van der Waals surface area (Å²) in [6.45, 7) is 10.4. The zero-order valence-corrected chi connectivity index (χ0v) is 9.53. The number of rotatable bonds is 3. The van der Waals surface area contributed by atoms with E-state index in [0.29, 0.717) is 12.0 Å². The molecule has 1 amide bonds. The number of nitrogens with zero attached hydrogens (tertiary/aromatic N) is 1. The van der Waals surface area contributed by atoms with E-state index in [1.54, 1.807) is 11.0 Å². The van der Waals surface area contributed by atoms with E-state index in [0.717, 1.165) is 19.6 Å². The molecule has 0 aliphatic carbocycles. The topological polar surface area (TPSA) is 41.6 Å². The first kappa shape index (κ1) is 12.0. The van der Waals surface area contributed by atoms with Gasteiger partial charge in [0.2, 0.25) is 0 Å². The molecule has 1 unspecified atom stereocenters. The maximum absolute atomic E-state index is 11.6. The van der Waals surface area contributed by atoms with Gasteiger partial charge in [0.1, 0.15) is 6.61 Å². The number of carbonyl (C=O) groups is 1. The largest absolute Gasteiger partial charge is 0.445 e. The SMILES string of the molecule is C=CCOC(=O)N1CCNC(C(C)C)C1. The Morgan fingerprint density at radius 1 is 1.73 bits per heavy atom. The van der Waals surface area contributed by atoms with Gasteiger partial charge in [0.25, 0.3) is 0 Å². The quantitative estimate of drug-likeness (QED) is 0.716. The van der Waals surface area contributed by atoms with Crippen LogP contribution >= 0.6 is 0 Å². The van der Waals surface area contributed by atoms with Crippen molar-refractivity contribution < 1.29 is 9.53 Å². The molecule has 0 aromatic carbocycles. The number of hydrogen-bond acceptors (Lipinski definition) is 3. The van der Waals surface area contributed by atoms with Crippen LogP contribution in [0.5, 0.6) is 0 Å². The van der Waals surface area contributed by atoms with Gasteiger partial charge in [0, 0.05) is 25.7 Å². The van der Waals surface area contributed by atoms with Crippen molar-refractivity contribution in [1.29, 1.82) is 0 Å². The van der Waals surface area contributed by atoms with Gasteiger partial charge in [-0.05, 0) is 5.92 Å². The summed E-state index contributed by atoms with van der Waals surface area (Å²) in [4.78, 5) is 13.3. The lowest BCUT2D eigenvalue weighted by Gasteiger charge is -2.34. The third-order valence-electron chi connectivity index (χ3n) is 2.59. The van der Waals surface area contributed by atoms with Gasteiger partial charge in [0.05, 0.1) is 0 Å². The van der Waals surface area contributed by atoms with Crippen LogP contribution in [0, 0.1) is 5.92 Å². The highest BCUT2D eigenvalue weighted by atomic mass is 16.6. The molecule has 1 fully saturated rings. The first-order valence-electron chi connectivity index (χ1n) is 5.41. The minimum Gasteiger partial charge on any atom is -0.445 e. The Balaban J connectivity index is 2.41. The minimum atomic E-state index is -0.234. The molecule has 1 saturated heterocycles. The van der Waals surface area contributed by atoms with E-state index in [-0.39, 0.29) is 12.7 Å². The highest BCUT2D eigenvalue weighted by Gasteiger charge is 2.25. The molecule has 1 atom stereocenters. The second-order valence-corrected chi connectivity index (χ2v) is 4.12. The summed E-state index contributed by atoms with van der Waals surface area (Å²) in [5.74, 6) is 0.528. The van der Waals surface area contributed by atoms with E-state index >= 15 is 0 Å². The van der Waals surface area contributed by atoms with Crippen molar-refractivity contribution in [2.75, 3.05) is 26.2 Å². The van der Waals surface area contributed by atoms with Crippen LogP contribution in [-0.4, -0.2) is 43.3 Å². The van der Waals surface area contributed by atoms with Gasteiger partial charge >= 0.3 is 6.09 Å². The lowest BCUT2D eigenvalue weighted by molar-refractivity contribution is 0.0945. The fraction of sp³-hybridized carbons (Fsp3) is 0.727. The van der Waals surface area contributed by atoms with Gasteiger partial charge in [-0.1, -0.05) is 26.5 Å². The van der Waals surface area contributed by atoms with Crippen molar-refractivity contribution >= 4 is 6.09 Å². The van der Waals surface area contributed by atoms with E-state index in [1.807, 2.05) is 0 Å². The summed E-state index contributed by atoms with van der Waals surface area (Å²) < 4.78 is 5.00. The van der Waals surface area contributed by atoms with Crippen LogP contribution in [0.2, 0.25) is 0 Å². The Morgan fingerprint density at radius 3 is 3.07 bits per heavy atom. The van der Waals surface area contributed by atoms with Gasteiger partial charge in [-0.25, -0.2) is 4.79 Å². The third-order valence-corrected chi connectivity index (χ3v) is 2.59. The Hall–Kier alpha value is -1.03. The van der Waals surface area contributed by atoms with E-state index in [1.165, 1.54) is 0 Å². The van der Waals surface area contributed by atoms with Crippen molar-refractivity contribution in [1.82, 2.24) is 10.2 Å². The van der Waals surface area contributed by atoms with Gasteiger partial charge < -0.3 is 15.0 Å². The number of carbonyl (C=O) groups excluding carboxylic acids is 1. The van der Waals surface area contributed by atoms with E-state index < -0.39 is 0 Å². The Kier molecular flexibility index (Phi) is 4.62. The van der Waals surface area contributed by atoms with Gasteiger partial charge in [-0.15, -0.1) is 0 Å². The van der Waals surface area contributed by atoms with Gasteiger partial charge in [-0.3, -0.25) is 0 Å². The van der Waals surface area contributed by atoms with Crippen LogP contribution < -0.4 is 5.32 Å². The van der Waals surface area contributed by atoms with Crippen molar-refractivity contribution in [3.63, 3.8) is 0 Å². The molecule has 15 heavy (non-hydrogen) atoms. The second kappa shape index (κ2) is 5.75. The number of hydrogen-bond donors (Lipinski definition) is 1. The number of nitrogens with one attached hydrogen (secondary N) is 1. The maximum atomic E-state index is 11.6. The fourth-order valence-electron chi connectivity index (χ4n) is 1.61. The van der Waals surface area contributed by atoms with Crippen LogP contribution in [0.15, 0.2) is 12.7 Å². The lowest BCUT2D eigenvalue weighted by Crippen LogP contribution is -2.54. The maximum Gasteiger partial charge on any atom is 0.410 e. The Morgan fingerprint density at radius 2 is 2.47 bits per heavy atom. The minimum absolute atomic E-state index is 0.234. The average Bonchev–Trinajstić information content (AvgIpc) is 2.26. The zero-order chi connectivity index (χ0) is 11.3. The molecule has 4 nitrogen and oxygen atoms in total. The molecule has 0 aromatic rings. The molecule has 0 radical (unpaired) electrons. The Labute approximate surface area is 91.3 Å². The summed E-state index contributed by atoms with van der Waals surface area (Å²) in [5, 5.41) is 3.39. The molecule has 1 heterocycles. The fourth-order valence-corrected chi connectivity index (χ4v) is 1.61. The van der Waals surface area contributed by atoms with Crippen molar-refractivity contribution in [2.45, 2.75) is 19.9 Å². The smallest absolute Gasteiger partial charge is 0.410 e. The summed E-state index contributed by atoms with van der Waals surface area (Å²) in [5.41, 5.74) is 0. The molecule has 0 saturated carbocycles. The highest BCUT2D eigenvalue weighted by Crippen LogP contribution is 2.09. The zero-order valence-electron chi connectivity index (χ0n) is 9.53. The van der Waals surface area contributed by atoms with Gasteiger partial charge in [0.15, 0.2) is 0 Å². The van der Waals surface area contributed by atoms with Crippen LogP contribution in [0.3, 0.4) is 0 Å². The summed E-state index contributed by atoms with van der Waals surface area (Å²) >= 11 is 0. The molecule has 1 N–H and O–H groups in total. The summed E-state index contributed by atoms with van der Waals surface area (Å²) in [6, 6.07) is 0.370. The van der Waals surface area contributed by atoms with E-state index in [4.69, 9.17) is 4.74 Å². The predicted molar refractivity (Wildman–Crippen MR) is 59.7 cm³/mol. The molecule has 1 aliphatic rings.